The lowest BCUT2D eigenvalue weighted by Gasteiger charge is -2.39. The topological polar surface area (TPSA) is 119 Å². The fourth-order valence-corrected chi connectivity index (χ4v) is 6.21. The van der Waals surface area contributed by atoms with E-state index in [0.29, 0.717) is 12.5 Å². The molecule has 5 N–H and O–H groups in total. The van der Waals surface area contributed by atoms with Crippen LogP contribution in [0.25, 0.3) is 0 Å². The molecule has 0 spiro atoms. The Balaban J connectivity index is 0.000000208. The second-order valence-electron chi connectivity index (χ2n) is 9.78. The van der Waals surface area contributed by atoms with Gasteiger partial charge in [-0.25, -0.2) is 0 Å². The van der Waals surface area contributed by atoms with E-state index in [1.807, 2.05) is 41.3 Å². The van der Waals surface area contributed by atoms with Gasteiger partial charge in [0.05, 0.1) is 11.8 Å². The Labute approximate surface area is 236 Å². The van der Waals surface area contributed by atoms with E-state index < -0.39 is 0 Å². The van der Waals surface area contributed by atoms with Crippen molar-refractivity contribution in [2.24, 2.45) is 11.5 Å². The predicted molar refractivity (Wildman–Crippen MR) is 156 cm³/mol. The van der Waals surface area contributed by atoms with Gasteiger partial charge in [0.25, 0.3) is 0 Å². The van der Waals surface area contributed by atoms with Crippen molar-refractivity contribution in [3.05, 3.63) is 56.5 Å². The zero-order valence-corrected chi connectivity index (χ0v) is 24.8. The van der Waals surface area contributed by atoms with Crippen LogP contribution in [0.15, 0.2) is 45.3 Å². The minimum absolute atomic E-state index is 0.00921. The highest BCUT2D eigenvalue weighted by atomic mass is 79.9. The van der Waals surface area contributed by atoms with Crippen LogP contribution < -0.4 is 21.7 Å². The van der Waals surface area contributed by atoms with Crippen molar-refractivity contribution < 1.29 is 14.4 Å². The average molecular weight is 636 g/mol. The molecule has 4 rings (SSSR count). The number of primary amides is 2. The summed E-state index contributed by atoms with van der Waals surface area (Å²) in [4.78, 5) is 37.1. The van der Waals surface area contributed by atoms with Crippen LogP contribution in [0.1, 0.15) is 82.3 Å². The van der Waals surface area contributed by atoms with E-state index in [1.54, 1.807) is 6.92 Å². The molecule has 0 saturated carbocycles. The number of nitrogens with one attached hydrogen (secondary N) is 1. The largest absolute Gasteiger partial charge is 0.382 e. The Bertz CT molecular complexity index is 1160. The standard InChI is InChI=1S/C15H19BrN2O2.C13H17BrN2O/c1-3-4-11-8-13(15(17)20)12-7-10(16)5-6-14(12)18(11)9(2)19;1-2-3-9-7-11(13(15)17)10-6-8(14)4-5-12(10)16-9/h5-7,11,13H,3-4,8H2,1-2H3,(H2,17,20);4-6,9,11,16H,2-3,7H2,1H3,(H2,15,17)/t11-,13+;9-,11+/m11/s1. The number of carbonyl (C=O) groups is 3. The maximum atomic E-state index is 12.0. The van der Waals surface area contributed by atoms with E-state index in [-0.39, 0.29) is 35.6 Å². The molecule has 3 amide bonds. The number of carbonyl (C=O) groups excluding carboxylic acids is 3. The van der Waals surface area contributed by atoms with Crippen LogP contribution in [0, 0.1) is 0 Å². The first-order chi connectivity index (χ1) is 17.6. The number of benzene rings is 2. The van der Waals surface area contributed by atoms with Gasteiger partial charge in [0.2, 0.25) is 17.7 Å². The predicted octanol–water partition coefficient (Wildman–Crippen LogP) is 5.95. The van der Waals surface area contributed by atoms with Crippen LogP contribution in [0.4, 0.5) is 11.4 Å². The Morgan fingerprint density at radius 2 is 1.46 bits per heavy atom. The van der Waals surface area contributed by atoms with Crippen molar-refractivity contribution in [2.75, 3.05) is 10.2 Å². The number of nitrogens with zero attached hydrogens (tertiary/aromatic N) is 1. The third-order valence-corrected chi connectivity index (χ3v) is 8.04. The quantitative estimate of drug-likeness (QED) is 0.364. The fraction of sp³-hybridized carbons (Fsp3) is 0.464. The second-order valence-corrected chi connectivity index (χ2v) is 11.6. The molecule has 2 heterocycles. The van der Waals surface area contributed by atoms with Gasteiger partial charge in [-0.3, -0.25) is 14.4 Å². The number of amides is 3. The number of halogens is 2. The molecule has 2 aromatic carbocycles. The number of hydrogen-bond acceptors (Lipinski definition) is 4. The summed E-state index contributed by atoms with van der Waals surface area (Å²) in [5, 5.41) is 3.48. The van der Waals surface area contributed by atoms with E-state index in [0.717, 1.165) is 63.6 Å². The summed E-state index contributed by atoms with van der Waals surface area (Å²) >= 11 is 6.85. The van der Waals surface area contributed by atoms with Gasteiger partial charge in [0.1, 0.15) is 0 Å². The van der Waals surface area contributed by atoms with Gasteiger partial charge in [-0.05, 0) is 73.2 Å². The summed E-state index contributed by atoms with van der Waals surface area (Å²) in [6, 6.07) is 12.0. The summed E-state index contributed by atoms with van der Waals surface area (Å²) in [5.74, 6) is -1.04. The fourth-order valence-electron chi connectivity index (χ4n) is 5.45. The normalized spacial score (nSPS) is 22.0. The molecular formula is C28H36Br2N4O3. The first kappa shape index (κ1) is 29.2. The molecule has 2 aliphatic heterocycles. The molecule has 37 heavy (non-hydrogen) atoms. The summed E-state index contributed by atoms with van der Waals surface area (Å²) in [5.41, 5.74) is 14.8. The number of anilines is 2. The van der Waals surface area contributed by atoms with E-state index in [1.165, 1.54) is 0 Å². The maximum absolute atomic E-state index is 12.0. The maximum Gasteiger partial charge on any atom is 0.225 e. The summed E-state index contributed by atoms with van der Waals surface area (Å²) in [6.45, 7) is 5.80. The molecule has 200 valence electrons. The molecule has 9 heteroatoms. The third-order valence-electron chi connectivity index (χ3n) is 7.05. The highest BCUT2D eigenvalue weighted by Crippen LogP contribution is 2.41. The first-order valence-electron chi connectivity index (χ1n) is 12.8. The molecule has 0 aliphatic carbocycles. The van der Waals surface area contributed by atoms with Crippen molar-refractivity contribution in [1.29, 1.82) is 0 Å². The Hall–Kier alpha value is -2.39. The minimum atomic E-state index is -0.325. The lowest BCUT2D eigenvalue weighted by atomic mass is 9.83. The number of nitrogens with two attached hydrogens (primary N) is 2. The van der Waals surface area contributed by atoms with Gasteiger partial charge in [-0.15, -0.1) is 0 Å². The van der Waals surface area contributed by atoms with Gasteiger partial charge in [-0.2, -0.15) is 0 Å². The van der Waals surface area contributed by atoms with E-state index >= 15 is 0 Å². The van der Waals surface area contributed by atoms with Crippen molar-refractivity contribution in [1.82, 2.24) is 0 Å². The summed E-state index contributed by atoms with van der Waals surface area (Å²) < 4.78 is 1.87. The second kappa shape index (κ2) is 12.9. The molecule has 0 aromatic heterocycles. The van der Waals surface area contributed by atoms with Crippen LogP contribution in [-0.2, 0) is 14.4 Å². The highest BCUT2D eigenvalue weighted by molar-refractivity contribution is 9.10. The monoisotopic (exact) mass is 634 g/mol. The molecule has 0 unspecified atom stereocenters. The average Bonchev–Trinajstić information content (AvgIpc) is 2.83. The van der Waals surface area contributed by atoms with Gasteiger partial charge >= 0.3 is 0 Å². The zero-order valence-electron chi connectivity index (χ0n) is 21.6. The van der Waals surface area contributed by atoms with Crippen LogP contribution in [0.3, 0.4) is 0 Å². The smallest absolute Gasteiger partial charge is 0.225 e. The SMILES string of the molecule is CCC[C@@H]1C[C@H](C(N)=O)c2cc(Br)ccc2N1.CCC[C@@H]1C[C@H](C(N)=O)c2cc(Br)ccc2N1C(C)=O. The van der Waals surface area contributed by atoms with E-state index in [2.05, 4.69) is 51.0 Å². The third kappa shape index (κ3) is 6.93. The van der Waals surface area contributed by atoms with Crippen molar-refractivity contribution in [3.63, 3.8) is 0 Å². The van der Waals surface area contributed by atoms with E-state index in [9.17, 15) is 14.4 Å². The molecule has 4 atom stereocenters. The number of hydrogen-bond donors (Lipinski definition) is 3. The Morgan fingerprint density at radius 3 is 2.03 bits per heavy atom. The molecule has 7 nitrogen and oxygen atoms in total. The molecule has 2 aliphatic rings. The Kier molecular flexibility index (Phi) is 10.2. The van der Waals surface area contributed by atoms with Gasteiger partial charge in [-0.1, -0.05) is 58.5 Å². The van der Waals surface area contributed by atoms with Crippen molar-refractivity contribution >= 4 is 61.0 Å². The zero-order chi connectivity index (χ0) is 27.3. The highest BCUT2D eigenvalue weighted by Gasteiger charge is 2.36. The Morgan fingerprint density at radius 1 is 0.892 bits per heavy atom. The van der Waals surface area contributed by atoms with Gasteiger partial charge in [0, 0.05) is 39.3 Å². The van der Waals surface area contributed by atoms with Crippen LogP contribution in [0.5, 0.6) is 0 Å². The lowest BCUT2D eigenvalue weighted by molar-refractivity contribution is -0.121. The summed E-state index contributed by atoms with van der Waals surface area (Å²) in [7, 11) is 0. The lowest BCUT2D eigenvalue weighted by Crippen LogP contribution is -2.45. The van der Waals surface area contributed by atoms with Crippen molar-refractivity contribution in [3.8, 4) is 0 Å². The molecule has 0 bridgehead atoms. The summed E-state index contributed by atoms with van der Waals surface area (Å²) in [6.07, 6.45) is 5.41. The van der Waals surface area contributed by atoms with Crippen LogP contribution >= 0.6 is 31.9 Å². The molecule has 2 aromatic rings. The number of rotatable bonds is 6. The van der Waals surface area contributed by atoms with Crippen LogP contribution in [-0.4, -0.2) is 29.8 Å². The molecule has 0 fully saturated rings. The number of fused-ring (bicyclic) bond motifs is 2. The molecular weight excluding hydrogens is 600 g/mol. The first-order valence-corrected chi connectivity index (χ1v) is 14.4. The van der Waals surface area contributed by atoms with Gasteiger partial charge in [0.15, 0.2) is 0 Å². The van der Waals surface area contributed by atoms with Gasteiger partial charge < -0.3 is 21.7 Å². The van der Waals surface area contributed by atoms with E-state index in [4.69, 9.17) is 11.5 Å². The molecule has 0 saturated heterocycles. The van der Waals surface area contributed by atoms with Crippen molar-refractivity contribution in [2.45, 2.75) is 83.2 Å². The van der Waals surface area contributed by atoms with Crippen LogP contribution in [0.2, 0.25) is 0 Å². The molecule has 0 radical (unpaired) electrons. The minimum Gasteiger partial charge on any atom is -0.382 e.